The van der Waals surface area contributed by atoms with E-state index in [0.717, 1.165) is 24.8 Å². The fraction of sp³-hybridized carbons (Fsp3) is 0.250. The van der Waals surface area contributed by atoms with Crippen molar-refractivity contribution in [3.63, 3.8) is 0 Å². The van der Waals surface area contributed by atoms with E-state index in [2.05, 4.69) is 10.3 Å². The Morgan fingerprint density at radius 1 is 1.09 bits per heavy atom. The molecule has 0 aliphatic carbocycles. The number of carbonyl (C=O) groups excluding carboxylic acids is 1. The molecule has 32 heavy (non-hydrogen) atoms. The van der Waals surface area contributed by atoms with E-state index in [1.54, 1.807) is 53.1 Å². The molecule has 1 N–H and O–H groups in total. The number of ether oxygens (including phenoxy) is 1. The number of aromatic nitrogens is 1. The van der Waals surface area contributed by atoms with E-state index in [1.165, 1.54) is 19.2 Å². The predicted octanol–water partition coefficient (Wildman–Crippen LogP) is 4.26. The van der Waals surface area contributed by atoms with Crippen LogP contribution in [-0.2, 0) is 10.0 Å². The number of pyridine rings is 1. The highest BCUT2D eigenvalue weighted by Gasteiger charge is 2.34. The van der Waals surface area contributed by atoms with Crippen LogP contribution in [0.15, 0.2) is 78.0 Å². The van der Waals surface area contributed by atoms with Crippen molar-refractivity contribution in [2.24, 2.45) is 0 Å². The molecule has 0 saturated carbocycles. The van der Waals surface area contributed by atoms with Crippen molar-refractivity contribution in [1.29, 1.82) is 0 Å². The van der Waals surface area contributed by atoms with Gasteiger partial charge >= 0.3 is 0 Å². The first-order chi connectivity index (χ1) is 15.5. The number of nitrogens with one attached hydrogen (secondary N) is 1. The minimum absolute atomic E-state index is 0.202. The van der Waals surface area contributed by atoms with Crippen LogP contribution in [0.5, 0.6) is 5.75 Å². The Balaban J connectivity index is 1.52. The predicted molar refractivity (Wildman–Crippen MR) is 122 cm³/mol. The first-order valence-electron chi connectivity index (χ1n) is 10.5. The van der Waals surface area contributed by atoms with E-state index in [9.17, 15) is 13.2 Å². The van der Waals surface area contributed by atoms with Crippen molar-refractivity contribution >= 4 is 21.6 Å². The number of sulfonamides is 1. The van der Waals surface area contributed by atoms with Gasteiger partial charge in [0.1, 0.15) is 5.75 Å². The van der Waals surface area contributed by atoms with Crippen LogP contribution in [0.25, 0.3) is 0 Å². The number of amides is 1. The summed E-state index contributed by atoms with van der Waals surface area (Å²) in [6, 6.07) is 16.6. The monoisotopic (exact) mass is 451 g/mol. The molecule has 0 radical (unpaired) electrons. The lowest BCUT2D eigenvalue weighted by molar-refractivity contribution is 0.102. The van der Waals surface area contributed by atoms with Crippen molar-refractivity contribution in [1.82, 2.24) is 9.29 Å². The Hall–Kier alpha value is -3.23. The molecule has 1 saturated heterocycles. The SMILES string of the molecule is COc1cccc(C(=O)Nc2ccc(S(=O)(=O)N3CCCC[C@H]3c3cccnc3)cc2)c1. The lowest BCUT2D eigenvalue weighted by atomic mass is 9.99. The van der Waals surface area contributed by atoms with Crippen molar-refractivity contribution < 1.29 is 17.9 Å². The Bertz CT molecular complexity index is 1180. The first kappa shape index (κ1) is 22.0. The van der Waals surface area contributed by atoms with E-state index in [1.807, 2.05) is 12.1 Å². The Morgan fingerprint density at radius 3 is 2.62 bits per heavy atom. The van der Waals surface area contributed by atoms with E-state index in [4.69, 9.17) is 4.74 Å². The molecular formula is C24H25N3O4S. The maximum absolute atomic E-state index is 13.4. The Labute approximate surface area is 188 Å². The molecule has 1 atom stereocenters. The molecular weight excluding hydrogens is 426 g/mol. The summed E-state index contributed by atoms with van der Waals surface area (Å²) in [5, 5.41) is 2.79. The Morgan fingerprint density at radius 2 is 1.91 bits per heavy atom. The molecule has 2 aromatic carbocycles. The second kappa shape index (κ2) is 9.50. The second-order valence-corrected chi connectivity index (χ2v) is 9.51. The molecule has 8 heteroatoms. The minimum Gasteiger partial charge on any atom is -0.497 e. The number of nitrogens with zero attached hydrogens (tertiary/aromatic N) is 2. The summed E-state index contributed by atoms with van der Waals surface area (Å²) >= 11 is 0. The topological polar surface area (TPSA) is 88.6 Å². The van der Waals surface area contributed by atoms with Gasteiger partial charge in [-0.15, -0.1) is 0 Å². The summed E-state index contributed by atoms with van der Waals surface area (Å²) in [6.07, 6.45) is 5.98. The van der Waals surface area contributed by atoms with Crippen LogP contribution in [0.2, 0.25) is 0 Å². The van der Waals surface area contributed by atoms with Crippen LogP contribution < -0.4 is 10.1 Å². The van der Waals surface area contributed by atoms with Crippen LogP contribution in [0, 0.1) is 0 Å². The fourth-order valence-corrected chi connectivity index (χ4v) is 5.59. The second-order valence-electron chi connectivity index (χ2n) is 7.62. The highest BCUT2D eigenvalue weighted by atomic mass is 32.2. The maximum atomic E-state index is 13.4. The molecule has 7 nitrogen and oxygen atoms in total. The zero-order valence-electron chi connectivity index (χ0n) is 17.8. The number of hydrogen-bond acceptors (Lipinski definition) is 5. The molecule has 0 bridgehead atoms. The van der Waals surface area contributed by atoms with Gasteiger partial charge in [0.05, 0.1) is 18.0 Å². The minimum atomic E-state index is -3.69. The van der Waals surface area contributed by atoms with E-state index in [0.29, 0.717) is 23.5 Å². The lowest BCUT2D eigenvalue weighted by Gasteiger charge is -2.34. The summed E-state index contributed by atoms with van der Waals surface area (Å²) in [6.45, 7) is 0.468. The van der Waals surface area contributed by atoms with Gasteiger partial charge in [-0.1, -0.05) is 18.6 Å². The number of piperidine rings is 1. The van der Waals surface area contributed by atoms with Gasteiger partial charge in [-0.25, -0.2) is 8.42 Å². The third kappa shape index (κ3) is 4.66. The summed E-state index contributed by atoms with van der Waals surface area (Å²) in [7, 11) is -2.15. The molecule has 2 heterocycles. The van der Waals surface area contributed by atoms with Crippen LogP contribution in [0.1, 0.15) is 41.2 Å². The average molecular weight is 452 g/mol. The Kier molecular flexibility index (Phi) is 6.53. The number of rotatable bonds is 6. The van der Waals surface area contributed by atoms with Gasteiger partial charge in [-0.05, 0) is 66.9 Å². The van der Waals surface area contributed by atoms with Crippen LogP contribution in [0.4, 0.5) is 5.69 Å². The third-order valence-corrected chi connectivity index (χ3v) is 7.50. The lowest BCUT2D eigenvalue weighted by Crippen LogP contribution is -2.38. The molecule has 0 spiro atoms. The molecule has 3 aromatic rings. The van der Waals surface area contributed by atoms with Gasteiger partial charge in [0.2, 0.25) is 10.0 Å². The van der Waals surface area contributed by atoms with Gasteiger partial charge in [0.25, 0.3) is 5.91 Å². The number of methoxy groups -OCH3 is 1. The summed E-state index contributed by atoms with van der Waals surface area (Å²) < 4.78 is 33.5. The van der Waals surface area contributed by atoms with E-state index in [-0.39, 0.29) is 16.8 Å². The first-order valence-corrected chi connectivity index (χ1v) is 11.9. The quantitative estimate of drug-likeness (QED) is 0.605. The molecule has 0 unspecified atom stereocenters. The van der Waals surface area contributed by atoms with Crippen molar-refractivity contribution in [2.45, 2.75) is 30.2 Å². The number of anilines is 1. The summed E-state index contributed by atoms with van der Waals surface area (Å²) in [5.41, 5.74) is 1.87. The van der Waals surface area contributed by atoms with E-state index < -0.39 is 10.0 Å². The summed E-state index contributed by atoms with van der Waals surface area (Å²) in [4.78, 5) is 16.9. The van der Waals surface area contributed by atoms with Crippen molar-refractivity contribution in [3.05, 3.63) is 84.2 Å². The zero-order chi connectivity index (χ0) is 22.6. The number of hydrogen-bond donors (Lipinski definition) is 1. The average Bonchev–Trinajstić information content (AvgIpc) is 2.85. The van der Waals surface area contributed by atoms with Gasteiger partial charge in [-0.2, -0.15) is 4.31 Å². The van der Waals surface area contributed by atoms with Crippen LogP contribution in [-0.4, -0.2) is 37.3 Å². The maximum Gasteiger partial charge on any atom is 0.255 e. The molecule has 1 amide bonds. The number of carbonyl (C=O) groups is 1. The van der Waals surface area contributed by atoms with Gasteiger partial charge in [0.15, 0.2) is 0 Å². The fourth-order valence-electron chi connectivity index (χ4n) is 3.91. The van der Waals surface area contributed by atoms with Crippen molar-refractivity contribution in [2.75, 3.05) is 19.0 Å². The molecule has 1 aromatic heterocycles. The normalized spacial score (nSPS) is 17.0. The molecule has 1 aliphatic heterocycles. The highest BCUT2D eigenvalue weighted by Crippen LogP contribution is 2.35. The molecule has 4 rings (SSSR count). The highest BCUT2D eigenvalue weighted by molar-refractivity contribution is 7.89. The van der Waals surface area contributed by atoms with Gasteiger partial charge in [0, 0.05) is 30.2 Å². The van der Waals surface area contributed by atoms with Gasteiger partial charge in [-0.3, -0.25) is 9.78 Å². The zero-order valence-corrected chi connectivity index (χ0v) is 18.6. The smallest absolute Gasteiger partial charge is 0.255 e. The molecule has 166 valence electrons. The van der Waals surface area contributed by atoms with Crippen molar-refractivity contribution in [3.8, 4) is 5.75 Å². The van der Waals surface area contributed by atoms with Gasteiger partial charge < -0.3 is 10.1 Å². The third-order valence-electron chi connectivity index (χ3n) is 5.57. The molecule has 1 fully saturated rings. The van der Waals surface area contributed by atoms with Crippen LogP contribution in [0.3, 0.4) is 0 Å². The largest absolute Gasteiger partial charge is 0.497 e. The summed E-state index contributed by atoms with van der Waals surface area (Å²) in [5.74, 6) is 0.288. The van der Waals surface area contributed by atoms with Crippen LogP contribution >= 0.6 is 0 Å². The number of benzene rings is 2. The standard InChI is InChI=1S/C24H25N3O4S/c1-31-21-8-4-6-18(16-21)24(28)26-20-10-12-22(13-11-20)32(29,30)27-15-3-2-9-23(27)19-7-5-14-25-17-19/h4-8,10-14,16-17,23H,2-3,9,15H2,1H3,(H,26,28)/t23-/m0/s1. The molecule has 1 aliphatic rings. The van der Waals surface area contributed by atoms with E-state index >= 15 is 0 Å².